The Balaban J connectivity index is 2.12. The van der Waals surface area contributed by atoms with Crippen molar-refractivity contribution in [3.63, 3.8) is 0 Å². The molecule has 0 heterocycles. The molecular weight excluding hydrogens is 294 g/mol. The first-order valence-electron chi connectivity index (χ1n) is 9.19. The van der Waals surface area contributed by atoms with Crippen molar-refractivity contribution in [3.05, 3.63) is 28.8 Å². The van der Waals surface area contributed by atoms with Gasteiger partial charge in [0, 0.05) is 0 Å². The van der Waals surface area contributed by atoms with Gasteiger partial charge in [0.05, 0.1) is 6.61 Å². The Morgan fingerprint density at radius 3 is 2.35 bits per heavy atom. The van der Waals surface area contributed by atoms with Gasteiger partial charge in [-0.25, -0.2) is 4.39 Å². The minimum absolute atomic E-state index is 0.0665. The zero-order valence-corrected chi connectivity index (χ0v) is 14.8. The fourth-order valence-electron chi connectivity index (χ4n) is 3.82. The van der Waals surface area contributed by atoms with Crippen molar-refractivity contribution in [3.8, 4) is 5.75 Å². The van der Waals surface area contributed by atoms with Crippen LogP contribution >= 0.6 is 0 Å². The van der Waals surface area contributed by atoms with Gasteiger partial charge in [-0.3, -0.25) is 0 Å². The number of hydrogen-bond acceptors (Lipinski definition) is 1. The monoisotopic (exact) mass is 324 g/mol. The Kier molecular flexibility index (Phi) is 6.86. The number of rotatable bonds is 7. The first-order valence-corrected chi connectivity index (χ1v) is 9.19. The molecule has 1 nitrogen and oxygen atoms in total. The smallest absolute Gasteiger partial charge is 0.200 e. The van der Waals surface area contributed by atoms with E-state index in [4.69, 9.17) is 4.74 Å². The van der Waals surface area contributed by atoms with Crippen LogP contribution in [0.5, 0.6) is 5.75 Å². The maximum Gasteiger partial charge on any atom is 0.200 e. The molecule has 1 aliphatic rings. The van der Waals surface area contributed by atoms with E-state index in [0.29, 0.717) is 12.2 Å². The lowest BCUT2D eigenvalue weighted by molar-refractivity contribution is 0.282. The zero-order valence-electron chi connectivity index (χ0n) is 14.8. The van der Waals surface area contributed by atoms with Gasteiger partial charge in [0.2, 0.25) is 5.82 Å². The third-order valence-corrected chi connectivity index (χ3v) is 5.13. The number of unbranched alkanes of at least 4 members (excludes halogenated alkanes) is 1. The lowest BCUT2D eigenvalue weighted by Crippen LogP contribution is -2.16. The summed E-state index contributed by atoms with van der Waals surface area (Å²) in [4.78, 5) is 0. The summed E-state index contributed by atoms with van der Waals surface area (Å²) >= 11 is 0. The van der Waals surface area contributed by atoms with Crippen LogP contribution < -0.4 is 4.74 Å². The first-order chi connectivity index (χ1) is 11.1. The predicted octanol–water partition coefficient (Wildman–Crippen LogP) is 6.53. The van der Waals surface area contributed by atoms with Crippen LogP contribution in [-0.2, 0) is 0 Å². The van der Waals surface area contributed by atoms with E-state index in [0.717, 1.165) is 50.0 Å². The molecule has 0 atom stereocenters. The third kappa shape index (κ3) is 4.45. The Morgan fingerprint density at radius 2 is 1.74 bits per heavy atom. The lowest BCUT2D eigenvalue weighted by atomic mass is 9.76. The Labute approximate surface area is 139 Å². The average Bonchev–Trinajstić information content (AvgIpc) is 2.54. The van der Waals surface area contributed by atoms with Crippen LogP contribution in [0.4, 0.5) is 8.78 Å². The molecule has 0 aliphatic heterocycles. The Bertz CT molecular complexity index is 505. The summed E-state index contributed by atoms with van der Waals surface area (Å²) < 4.78 is 34.3. The average molecular weight is 324 g/mol. The Morgan fingerprint density at radius 1 is 1.04 bits per heavy atom. The number of halogens is 2. The Hall–Kier alpha value is -1.12. The van der Waals surface area contributed by atoms with Crippen molar-refractivity contribution in [1.29, 1.82) is 0 Å². The predicted molar refractivity (Wildman–Crippen MR) is 91.1 cm³/mol. The van der Waals surface area contributed by atoms with Crippen molar-refractivity contribution in [2.24, 2.45) is 5.92 Å². The summed E-state index contributed by atoms with van der Waals surface area (Å²) in [6.07, 6.45) is 8.50. The van der Waals surface area contributed by atoms with Gasteiger partial charge in [0.25, 0.3) is 0 Å². The highest BCUT2D eigenvalue weighted by atomic mass is 19.2. The van der Waals surface area contributed by atoms with Crippen LogP contribution in [0.2, 0.25) is 0 Å². The van der Waals surface area contributed by atoms with Crippen molar-refractivity contribution in [2.45, 2.75) is 78.1 Å². The zero-order chi connectivity index (χ0) is 16.8. The van der Waals surface area contributed by atoms with Crippen LogP contribution in [0.3, 0.4) is 0 Å². The van der Waals surface area contributed by atoms with Gasteiger partial charge >= 0.3 is 0 Å². The van der Waals surface area contributed by atoms with Gasteiger partial charge in [-0.2, -0.15) is 4.39 Å². The molecule has 0 N–H and O–H groups in total. The van der Waals surface area contributed by atoms with Crippen molar-refractivity contribution in [2.75, 3.05) is 6.61 Å². The van der Waals surface area contributed by atoms with Crippen LogP contribution in [0.1, 0.15) is 82.3 Å². The molecule has 0 bridgehead atoms. The molecule has 0 aromatic heterocycles. The van der Waals surface area contributed by atoms with E-state index in [-0.39, 0.29) is 11.7 Å². The third-order valence-electron chi connectivity index (χ3n) is 5.13. The van der Waals surface area contributed by atoms with E-state index in [1.54, 1.807) is 6.07 Å². The van der Waals surface area contributed by atoms with E-state index < -0.39 is 11.6 Å². The van der Waals surface area contributed by atoms with Gasteiger partial charge in [-0.05, 0) is 68.1 Å². The molecule has 3 heteroatoms. The van der Waals surface area contributed by atoms with Crippen molar-refractivity contribution in [1.82, 2.24) is 0 Å². The first kappa shape index (κ1) is 18.2. The van der Waals surface area contributed by atoms with Gasteiger partial charge in [-0.1, -0.05) is 33.1 Å². The van der Waals surface area contributed by atoms with Gasteiger partial charge < -0.3 is 4.74 Å². The second-order valence-corrected chi connectivity index (χ2v) is 6.94. The highest BCUT2D eigenvalue weighted by Crippen LogP contribution is 2.41. The van der Waals surface area contributed by atoms with Crippen LogP contribution in [0, 0.1) is 24.5 Å². The van der Waals surface area contributed by atoms with Crippen LogP contribution in [0.25, 0.3) is 0 Å². The van der Waals surface area contributed by atoms with Crippen LogP contribution in [-0.4, -0.2) is 6.61 Å². The minimum Gasteiger partial charge on any atom is -0.490 e. The summed E-state index contributed by atoms with van der Waals surface area (Å²) in [5, 5.41) is 0. The molecular formula is C20H30F2O. The molecule has 0 spiro atoms. The van der Waals surface area contributed by atoms with Crippen molar-refractivity contribution < 1.29 is 13.5 Å². The second-order valence-electron chi connectivity index (χ2n) is 6.94. The van der Waals surface area contributed by atoms with E-state index >= 15 is 0 Å². The molecule has 1 aromatic carbocycles. The lowest BCUT2D eigenvalue weighted by Gasteiger charge is -2.30. The molecule has 23 heavy (non-hydrogen) atoms. The standard InChI is InChI=1S/C20H30F2O/c1-4-6-12-23-17-13-14(3)18(20(22)19(17)21)16-10-8-15(7-5-2)9-11-16/h13,15-16H,4-12H2,1-3H3. The summed E-state index contributed by atoms with van der Waals surface area (Å²) in [6, 6.07) is 1.68. The molecule has 1 fully saturated rings. The molecule has 0 radical (unpaired) electrons. The summed E-state index contributed by atoms with van der Waals surface area (Å²) in [6.45, 7) is 6.57. The second kappa shape index (κ2) is 8.65. The summed E-state index contributed by atoms with van der Waals surface area (Å²) in [7, 11) is 0. The van der Waals surface area contributed by atoms with Gasteiger partial charge in [0.15, 0.2) is 11.6 Å². The molecule has 1 saturated carbocycles. The maximum atomic E-state index is 14.6. The molecule has 1 aromatic rings. The molecule has 1 aliphatic carbocycles. The SMILES string of the molecule is CCCCOc1cc(C)c(C2CCC(CCC)CC2)c(F)c1F. The largest absolute Gasteiger partial charge is 0.490 e. The fraction of sp³-hybridized carbons (Fsp3) is 0.700. The van der Waals surface area contributed by atoms with Gasteiger partial charge in [-0.15, -0.1) is 0 Å². The van der Waals surface area contributed by atoms with Gasteiger partial charge in [0.1, 0.15) is 0 Å². The topological polar surface area (TPSA) is 9.23 Å². The number of ether oxygens (including phenoxy) is 1. The van der Waals surface area contributed by atoms with E-state index in [2.05, 4.69) is 6.92 Å². The number of aryl methyl sites for hydroxylation is 1. The van der Waals surface area contributed by atoms with Crippen LogP contribution in [0.15, 0.2) is 6.07 Å². The normalized spacial score (nSPS) is 21.4. The molecule has 130 valence electrons. The highest BCUT2D eigenvalue weighted by molar-refractivity contribution is 5.40. The van der Waals surface area contributed by atoms with Crippen molar-refractivity contribution >= 4 is 0 Å². The fourth-order valence-corrected chi connectivity index (χ4v) is 3.82. The highest BCUT2D eigenvalue weighted by Gasteiger charge is 2.28. The quantitative estimate of drug-likeness (QED) is 0.518. The molecule has 2 rings (SSSR count). The number of hydrogen-bond donors (Lipinski definition) is 0. The minimum atomic E-state index is -0.808. The molecule has 0 saturated heterocycles. The summed E-state index contributed by atoms with van der Waals surface area (Å²) in [5.41, 5.74) is 1.41. The van der Waals surface area contributed by atoms with E-state index in [1.165, 1.54) is 12.8 Å². The van der Waals surface area contributed by atoms with E-state index in [9.17, 15) is 8.78 Å². The molecule has 0 unspecified atom stereocenters. The number of benzene rings is 1. The molecule has 0 amide bonds. The maximum absolute atomic E-state index is 14.6. The summed E-state index contributed by atoms with van der Waals surface area (Å²) in [5.74, 6) is -0.506. The van der Waals surface area contributed by atoms with E-state index in [1.807, 2.05) is 13.8 Å².